The van der Waals surface area contributed by atoms with E-state index < -0.39 is 23.8 Å². The van der Waals surface area contributed by atoms with E-state index >= 15 is 4.39 Å². The maximum atomic E-state index is 15.3. The highest BCUT2D eigenvalue weighted by Crippen LogP contribution is 2.41. The van der Waals surface area contributed by atoms with Crippen LogP contribution >= 0.6 is 0 Å². The zero-order chi connectivity index (χ0) is 23.2. The Morgan fingerprint density at radius 2 is 2.12 bits per heavy atom. The maximum Gasteiger partial charge on any atom is 0.416 e. The van der Waals surface area contributed by atoms with Gasteiger partial charge in [-0.1, -0.05) is 12.6 Å². The number of aromatic nitrogens is 1. The molecule has 0 spiro atoms. The first-order chi connectivity index (χ1) is 15.1. The minimum Gasteiger partial charge on any atom is -0.374 e. The van der Waals surface area contributed by atoms with Gasteiger partial charge in [-0.15, -0.1) is 0 Å². The average molecular weight is 450 g/mol. The van der Waals surface area contributed by atoms with Gasteiger partial charge in [0.15, 0.2) is 0 Å². The Labute approximate surface area is 180 Å². The first-order valence-corrected chi connectivity index (χ1v) is 10.1. The number of piperidine rings is 1. The van der Waals surface area contributed by atoms with Gasteiger partial charge < -0.3 is 26.0 Å². The van der Waals surface area contributed by atoms with E-state index in [0.717, 1.165) is 24.3 Å². The number of rotatable bonds is 4. The molecular formula is C22H22F4N4O2. The molecule has 1 aliphatic heterocycles. The normalized spacial score (nSPS) is 18.2. The number of anilines is 1. The molecule has 6 nitrogen and oxygen atoms in total. The Bertz CT molecular complexity index is 1200. The summed E-state index contributed by atoms with van der Waals surface area (Å²) < 4.78 is 55.0. The topological polar surface area (TPSA) is 94.4 Å². The molecule has 170 valence electrons. The second-order valence-corrected chi connectivity index (χ2v) is 7.87. The second kappa shape index (κ2) is 8.10. The van der Waals surface area contributed by atoms with Crippen LogP contribution in [0, 0.1) is 5.82 Å². The van der Waals surface area contributed by atoms with E-state index in [9.17, 15) is 23.1 Å². The van der Waals surface area contributed by atoms with Crippen molar-refractivity contribution in [1.29, 1.82) is 0 Å². The van der Waals surface area contributed by atoms with Gasteiger partial charge in [0.25, 0.3) is 0 Å². The van der Waals surface area contributed by atoms with Gasteiger partial charge >= 0.3 is 6.18 Å². The van der Waals surface area contributed by atoms with E-state index in [0.29, 0.717) is 36.7 Å². The van der Waals surface area contributed by atoms with Crippen LogP contribution in [0.5, 0.6) is 0 Å². The van der Waals surface area contributed by atoms with Gasteiger partial charge in [-0.25, -0.2) is 4.39 Å². The number of hydrogen-bond acceptors (Lipinski definition) is 4. The van der Waals surface area contributed by atoms with Crippen LogP contribution in [0.3, 0.4) is 0 Å². The van der Waals surface area contributed by atoms with E-state index in [1.165, 1.54) is 6.07 Å². The van der Waals surface area contributed by atoms with Crippen molar-refractivity contribution in [2.24, 2.45) is 5.73 Å². The number of nitrogens with zero attached hydrogens (tertiary/aromatic N) is 1. The van der Waals surface area contributed by atoms with Gasteiger partial charge in [-0.2, -0.15) is 13.2 Å². The van der Waals surface area contributed by atoms with Crippen molar-refractivity contribution in [2.75, 3.05) is 18.0 Å². The Balaban J connectivity index is 1.90. The van der Waals surface area contributed by atoms with Crippen molar-refractivity contribution < 1.29 is 27.5 Å². The van der Waals surface area contributed by atoms with E-state index in [-0.39, 0.29) is 34.2 Å². The number of aromatic amines is 1. The molecule has 1 aromatic heterocycles. The summed E-state index contributed by atoms with van der Waals surface area (Å²) in [6.45, 7) is 4.23. The van der Waals surface area contributed by atoms with Crippen molar-refractivity contribution >= 4 is 33.4 Å². The maximum absolute atomic E-state index is 15.3. The molecule has 5 N–H and O–H groups in total. The summed E-state index contributed by atoms with van der Waals surface area (Å²) >= 11 is 0. The van der Waals surface area contributed by atoms with Crippen molar-refractivity contribution in [2.45, 2.75) is 31.3 Å². The van der Waals surface area contributed by atoms with Gasteiger partial charge in [-0.3, -0.25) is 4.79 Å². The van der Waals surface area contributed by atoms with Crippen molar-refractivity contribution in [3.63, 3.8) is 0 Å². The van der Waals surface area contributed by atoms with E-state index in [1.807, 2.05) is 0 Å². The number of carbonyl (C=O) groups excluding carboxylic acids is 1. The standard InChI is InChI=1S/C22H22F4N4O2/c1-2-17(31)28-12-4-3-7-30(10-12)20-15(23)9-14(21(27)32)19-18(20)13-6-5-11(22(24,25)26)8-16(13)29-19/h2,5-6,8-9,12,21,29,32H,1,3-4,7,10,27H2,(H,28,31)/t12-,21?/m0/s1. The first kappa shape index (κ1) is 22.1. The number of alkyl halides is 3. The molecule has 3 aromatic rings. The Morgan fingerprint density at radius 1 is 1.38 bits per heavy atom. The molecule has 4 rings (SSSR count). The van der Waals surface area contributed by atoms with E-state index in [2.05, 4.69) is 16.9 Å². The minimum atomic E-state index is -4.54. The molecule has 1 saturated heterocycles. The fraction of sp³-hybridized carbons (Fsp3) is 0.318. The first-order valence-electron chi connectivity index (χ1n) is 10.1. The summed E-state index contributed by atoms with van der Waals surface area (Å²) in [4.78, 5) is 16.3. The highest BCUT2D eigenvalue weighted by molar-refractivity contribution is 6.15. The third kappa shape index (κ3) is 3.91. The van der Waals surface area contributed by atoms with Gasteiger partial charge in [-0.05, 0) is 37.1 Å². The molecule has 0 bridgehead atoms. The molecule has 1 aliphatic rings. The monoisotopic (exact) mass is 450 g/mol. The zero-order valence-corrected chi connectivity index (χ0v) is 17.0. The van der Waals surface area contributed by atoms with Crippen LogP contribution in [0.1, 0.15) is 30.2 Å². The quantitative estimate of drug-likeness (QED) is 0.277. The molecule has 2 atom stereocenters. The SMILES string of the molecule is C=CC(=O)N[C@H]1CCCN(c2c(F)cc(C(N)O)c3[nH]c4cc(C(F)(F)F)ccc4c23)C1. The molecule has 32 heavy (non-hydrogen) atoms. The largest absolute Gasteiger partial charge is 0.416 e. The summed E-state index contributed by atoms with van der Waals surface area (Å²) in [6.07, 6.45) is -3.54. The summed E-state index contributed by atoms with van der Waals surface area (Å²) in [5, 5.41) is 13.5. The average Bonchev–Trinajstić information content (AvgIpc) is 3.11. The predicted octanol–water partition coefficient (Wildman–Crippen LogP) is 3.70. The highest BCUT2D eigenvalue weighted by Gasteiger charge is 2.32. The lowest BCUT2D eigenvalue weighted by Gasteiger charge is -2.35. The second-order valence-electron chi connectivity index (χ2n) is 7.87. The lowest BCUT2D eigenvalue weighted by molar-refractivity contribution is -0.137. The van der Waals surface area contributed by atoms with Crippen LogP contribution in [0.25, 0.3) is 21.8 Å². The summed E-state index contributed by atoms with van der Waals surface area (Å²) in [5.41, 5.74) is 5.41. The van der Waals surface area contributed by atoms with Crippen LogP contribution in [0.2, 0.25) is 0 Å². The van der Waals surface area contributed by atoms with Gasteiger partial charge in [0.1, 0.15) is 12.0 Å². The fourth-order valence-corrected chi connectivity index (χ4v) is 4.33. The molecule has 0 saturated carbocycles. The van der Waals surface area contributed by atoms with Gasteiger partial charge in [0.2, 0.25) is 5.91 Å². The molecule has 1 fully saturated rings. The van der Waals surface area contributed by atoms with Crippen LogP contribution in [0.4, 0.5) is 23.2 Å². The van der Waals surface area contributed by atoms with Gasteiger partial charge in [0, 0.05) is 41.0 Å². The number of aliphatic hydroxyl groups is 1. The summed E-state index contributed by atoms with van der Waals surface area (Å²) in [5.74, 6) is -0.996. The molecule has 1 amide bonds. The number of nitrogens with one attached hydrogen (secondary N) is 2. The third-order valence-electron chi connectivity index (χ3n) is 5.75. The fourth-order valence-electron chi connectivity index (χ4n) is 4.33. The molecule has 0 aliphatic carbocycles. The predicted molar refractivity (Wildman–Crippen MR) is 113 cm³/mol. The molecule has 1 unspecified atom stereocenters. The smallest absolute Gasteiger partial charge is 0.374 e. The molecule has 10 heteroatoms. The number of carbonyl (C=O) groups is 1. The zero-order valence-electron chi connectivity index (χ0n) is 17.0. The van der Waals surface area contributed by atoms with E-state index in [4.69, 9.17) is 5.73 Å². The number of halogens is 4. The molecule has 2 heterocycles. The third-order valence-corrected chi connectivity index (χ3v) is 5.75. The number of benzene rings is 2. The van der Waals surface area contributed by atoms with Crippen LogP contribution in [-0.2, 0) is 11.0 Å². The number of hydrogen-bond donors (Lipinski definition) is 4. The number of fused-ring (bicyclic) bond motifs is 3. The van der Waals surface area contributed by atoms with Crippen molar-refractivity contribution in [3.8, 4) is 0 Å². The minimum absolute atomic E-state index is 0.0412. The van der Waals surface area contributed by atoms with Crippen LogP contribution < -0.4 is 16.0 Å². The van der Waals surface area contributed by atoms with Crippen LogP contribution in [0.15, 0.2) is 36.9 Å². The lowest BCUT2D eigenvalue weighted by Crippen LogP contribution is -2.47. The molecular weight excluding hydrogens is 428 g/mol. The lowest BCUT2D eigenvalue weighted by atomic mass is 10.00. The summed E-state index contributed by atoms with van der Waals surface area (Å²) in [7, 11) is 0. The number of nitrogens with two attached hydrogens (primary N) is 1. The Morgan fingerprint density at radius 3 is 2.78 bits per heavy atom. The number of aliphatic hydroxyl groups excluding tert-OH is 1. The van der Waals surface area contributed by atoms with Crippen LogP contribution in [-0.4, -0.2) is 35.1 Å². The van der Waals surface area contributed by atoms with E-state index in [1.54, 1.807) is 4.90 Å². The molecule has 2 aromatic carbocycles. The highest BCUT2D eigenvalue weighted by atomic mass is 19.4. The van der Waals surface area contributed by atoms with Crippen molar-refractivity contribution in [3.05, 3.63) is 53.9 Å². The number of amides is 1. The molecule has 0 radical (unpaired) electrons. The van der Waals surface area contributed by atoms with Gasteiger partial charge in [0.05, 0.1) is 16.8 Å². The van der Waals surface area contributed by atoms with Crippen molar-refractivity contribution in [1.82, 2.24) is 10.3 Å². The summed E-state index contributed by atoms with van der Waals surface area (Å²) in [6, 6.07) is 4.02. The number of H-pyrrole nitrogens is 1. The Kier molecular flexibility index (Phi) is 5.59. The Hall–Kier alpha value is -3.11.